The van der Waals surface area contributed by atoms with E-state index in [0.717, 1.165) is 0 Å². The molecule has 0 unspecified atom stereocenters. The molecule has 0 aliphatic carbocycles. The fraction of sp³-hybridized carbons (Fsp3) is 0. The summed E-state index contributed by atoms with van der Waals surface area (Å²) in [5, 5.41) is 8.82. The second-order valence-electron chi connectivity index (χ2n) is 1.86. The predicted octanol–water partition coefficient (Wildman–Crippen LogP) is 2.51. The molecule has 0 heterocycles. The lowest BCUT2D eigenvalue weighted by Gasteiger charge is -1.94. The summed E-state index contributed by atoms with van der Waals surface area (Å²) in [6.45, 7) is 0. The van der Waals surface area contributed by atoms with E-state index in [9.17, 15) is 4.39 Å². The van der Waals surface area contributed by atoms with Crippen LogP contribution in [-0.2, 0) is 0 Å². The number of hydrogen-bond acceptors (Lipinski definition) is 1. The maximum Gasteiger partial charge on any atom is 0.150 e. The van der Waals surface area contributed by atoms with Crippen LogP contribution in [0.2, 0.25) is 0 Å². The molecule has 1 nitrogen and oxygen atoms in total. The molecule has 1 aromatic rings. The Balaban J connectivity index is 2.96. The van der Waals surface area contributed by atoms with Crippen molar-refractivity contribution in [1.29, 1.82) is 0 Å². The van der Waals surface area contributed by atoms with Gasteiger partial charge in [-0.15, -0.1) is 0 Å². The maximum absolute atomic E-state index is 11.7. The minimum Gasteiger partial charge on any atom is -0.505 e. The summed E-state index contributed by atoms with van der Waals surface area (Å²) in [6.07, 6.45) is 0.176. The van der Waals surface area contributed by atoms with E-state index in [1.807, 2.05) is 0 Å². The van der Waals surface area contributed by atoms with Gasteiger partial charge in [-0.3, -0.25) is 0 Å². The van der Waals surface area contributed by atoms with Gasteiger partial charge in [0.2, 0.25) is 0 Å². The average molecular weight is 138 g/mol. The number of aliphatic hydroxyl groups excluding tert-OH is 1. The van der Waals surface area contributed by atoms with Gasteiger partial charge in [-0.05, 0) is 0 Å². The van der Waals surface area contributed by atoms with Gasteiger partial charge < -0.3 is 5.11 Å². The van der Waals surface area contributed by atoms with E-state index < -0.39 is 0 Å². The first-order valence-electron chi connectivity index (χ1n) is 2.89. The van der Waals surface area contributed by atoms with Crippen molar-refractivity contribution in [3.05, 3.63) is 42.2 Å². The van der Waals surface area contributed by atoms with Crippen molar-refractivity contribution in [3.63, 3.8) is 0 Å². The van der Waals surface area contributed by atoms with Crippen molar-refractivity contribution in [2.24, 2.45) is 0 Å². The van der Waals surface area contributed by atoms with E-state index in [0.29, 0.717) is 5.56 Å². The Bertz CT molecular complexity index is 228. The minimum absolute atomic E-state index is 0.176. The van der Waals surface area contributed by atoms with Gasteiger partial charge >= 0.3 is 0 Å². The summed E-state index contributed by atoms with van der Waals surface area (Å²) < 4.78 is 11.7. The van der Waals surface area contributed by atoms with E-state index in [1.165, 1.54) is 0 Å². The molecular formula is C8H7FO. The first kappa shape index (κ1) is 6.81. The summed E-state index contributed by atoms with van der Waals surface area (Å²) >= 11 is 0. The Morgan fingerprint density at radius 3 is 2.40 bits per heavy atom. The lowest BCUT2D eigenvalue weighted by atomic mass is 10.2. The van der Waals surface area contributed by atoms with Gasteiger partial charge in [0, 0.05) is 5.56 Å². The van der Waals surface area contributed by atoms with E-state index in [4.69, 9.17) is 5.11 Å². The Labute approximate surface area is 58.4 Å². The zero-order valence-corrected chi connectivity index (χ0v) is 5.29. The molecule has 1 rings (SSSR count). The van der Waals surface area contributed by atoms with Crippen molar-refractivity contribution < 1.29 is 9.50 Å². The molecule has 1 N–H and O–H groups in total. The quantitative estimate of drug-likeness (QED) is 0.591. The monoisotopic (exact) mass is 138 g/mol. The fourth-order valence-electron chi connectivity index (χ4n) is 0.672. The second-order valence-corrected chi connectivity index (χ2v) is 1.86. The van der Waals surface area contributed by atoms with Crippen LogP contribution in [0.5, 0.6) is 0 Å². The second kappa shape index (κ2) is 3.01. The first-order valence-corrected chi connectivity index (χ1v) is 2.89. The minimum atomic E-state index is -0.333. The number of rotatable bonds is 1. The van der Waals surface area contributed by atoms with Crippen LogP contribution in [0.25, 0.3) is 5.76 Å². The Morgan fingerprint density at radius 1 is 1.30 bits per heavy atom. The van der Waals surface area contributed by atoms with Crippen LogP contribution in [0.3, 0.4) is 0 Å². The summed E-state index contributed by atoms with van der Waals surface area (Å²) in [5.74, 6) is -0.333. The van der Waals surface area contributed by atoms with Gasteiger partial charge in [0.1, 0.15) is 6.33 Å². The van der Waals surface area contributed by atoms with E-state index in [-0.39, 0.29) is 12.1 Å². The van der Waals surface area contributed by atoms with Crippen molar-refractivity contribution in [3.8, 4) is 0 Å². The molecule has 0 atom stereocenters. The average Bonchev–Trinajstić information content (AvgIpc) is 2.05. The van der Waals surface area contributed by atoms with Crippen LogP contribution in [-0.4, -0.2) is 5.11 Å². The third kappa shape index (κ3) is 1.35. The van der Waals surface area contributed by atoms with Crippen molar-refractivity contribution >= 4 is 5.76 Å². The standard InChI is InChI=1S/C8H7FO/c9-6-8(10)7-4-2-1-3-5-7/h1-6,10H. The Morgan fingerprint density at radius 2 is 1.90 bits per heavy atom. The van der Waals surface area contributed by atoms with Gasteiger partial charge in [0.15, 0.2) is 5.76 Å². The van der Waals surface area contributed by atoms with Gasteiger partial charge in [-0.1, -0.05) is 30.3 Å². The number of aliphatic hydroxyl groups is 1. The molecule has 2 heteroatoms. The summed E-state index contributed by atoms with van der Waals surface area (Å²) in [4.78, 5) is 0. The SMILES string of the molecule is OC(=CF)c1ccccc1. The van der Waals surface area contributed by atoms with Gasteiger partial charge in [0.25, 0.3) is 0 Å². The lowest BCUT2D eigenvalue weighted by Crippen LogP contribution is -1.78. The molecule has 0 amide bonds. The summed E-state index contributed by atoms with van der Waals surface area (Å²) in [7, 11) is 0. The Hall–Kier alpha value is -1.31. The summed E-state index contributed by atoms with van der Waals surface area (Å²) in [5.41, 5.74) is 0.491. The van der Waals surface area contributed by atoms with Gasteiger partial charge in [0.05, 0.1) is 0 Å². The van der Waals surface area contributed by atoms with Gasteiger partial charge in [-0.2, -0.15) is 0 Å². The van der Waals surface area contributed by atoms with Crippen LogP contribution >= 0.6 is 0 Å². The predicted molar refractivity (Wildman–Crippen MR) is 38.2 cm³/mol. The molecule has 10 heavy (non-hydrogen) atoms. The lowest BCUT2D eigenvalue weighted by molar-refractivity contribution is 0.496. The molecule has 52 valence electrons. The molecule has 0 aliphatic heterocycles. The van der Waals surface area contributed by atoms with Crippen LogP contribution in [0, 0.1) is 0 Å². The number of hydrogen-bond donors (Lipinski definition) is 1. The first-order chi connectivity index (χ1) is 4.84. The third-order valence-electron chi connectivity index (χ3n) is 1.17. The third-order valence-corrected chi connectivity index (χ3v) is 1.17. The molecule has 0 fully saturated rings. The summed E-state index contributed by atoms with van der Waals surface area (Å²) in [6, 6.07) is 8.52. The van der Waals surface area contributed by atoms with Gasteiger partial charge in [-0.25, -0.2) is 4.39 Å². The van der Waals surface area contributed by atoms with E-state index in [1.54, 1.807) is 30.3 Å². The van der Waals surface area contributed by atoms with Crippen molar-refractivity contribution in [2.45, 2.75) is 0 Å². The molecule has 0 spiro atoms. The fourth-order valence-corrected chi connectivity index (χ4v) is 0.672. The van der Waals surface area contributed by atoms with Crippen LogP contribution in [0.1, 0.15) is 5.56 Å². The highest BCUT2D eigenvalue weighted by Crippen LogP contribution is 2.09. The zero-order valence-electron chi connectivity index (χ0n) is 5.29. The van der Waals surface area contributed by atoms with Crippen LogP contribution < -0.4 is 0 Å². The molecule has 0 radical (unpaired) electrons. The topological polar surface area (TPSA) is 20.2 Å². The van der Waals surface area contributed by atoms with Crippen LogP contribution in [0.4, 0.5) is 4.39 Å². The highest BCUT2D eigenvalue weighted by atomic mass is 19.1. The molecule has 0 saturated carbocycles. The highest BCUT2D eigenvalue weighted by Gasteiger charge is 1.93. The van der Waals surface area contributed by atoms with Crippen LogP contribution in [0.15, 0.2) is 36.7 Å². The van der Waals surface area contributed by atoms with Crippen molar-refractivity contribution in [2.75, 3.05) is 0 Å². The normalized spacial score (nSPS) is 11.5. The number of halogens is 1. The number of benzene rings is 1. The highest BCUT2D eigenvalue weighted by molar-refractivity contribution is 5.56. The largest absolute Gasteiger partial charge is 0.505 e. The Kier molecular flexibility index (Phi) is 2.05. The van der Waals surface area contributed by atoms with Crippen molar-refractivity contribution in [1.82, 2.24) is 0 Å². The molecule has 0 aliphatic rings. The molecule has 0 saturated heterocycles. The molecular weight excluding hydrogens is 131 g/mol. The van der Waals surface area contributed by atoms with E-state index >= 15 is 0 Å². The van der Waals surface area contributed by atoms with E-state index in [2.05, 4.69) is 0 Å². The maximum atomic E-state index is 11.7. The molecule has 1 aromatic carbocycles. The molecule has 0 aromatic heterocycles. The molecule has 0 bridgehead atoms. The zero-order chi connectivity index (χ0) is 7.40. The smallest absolute Gasteiger partial charge is 0.150 e.